The number of hydrogen-bond donors (Lipinski definition) is 1. The molecule has 25 heavy (non-hydrogen) atoms. The van der Waals surface area contributed by atoms with E-state index in [-0.39, 0.29) is 12.6 Å². The summed E-state index contributed by atoms with van der Waals surface area (Å²) in [4.78, 5) is 1.32. The van der Waals surface area contributed by atoms with E-state index in [1.165, 1.54) is 5.56 Å². The molecule has 0 aromatic heterocycles. The molecule has 0 heterocycles. The van der Waals surface area contributed by atoms with E-state index >= 15 is 0 Å². The number of rotatable bonds is 7. The molecule has 0 aliphatic heterocycles. The Morgan fingerprint density at radius 1 is 1.08 bits per heavy atom. The van der Waals surface area contributed by atoms with Crippen molar-refractivity contribution in [3.63, 3.8) is 0 Å². The quantitative estimate of drug-likeness (QED) is 0.817. The van der Waals surface area contributed by atoms with Gasteiger partial charge in [0.2, 0.25) is 10.0 Å². The molecule has 4 nitrogen and oxygen atoms in total. The Balaban J connectivity index is 2.19. The molecule has 0 saturated heterocycles. The van der Waals surface area contributed by atoms with Crippen LogP contribution in [0.25, 0.3) is 0 Å². The second kappa shape index (κ2) is 8.03. The van der Waals surface area contributed by atoms with E-state index in [0.29, 0.717) is 6.07 Å². The molecule has 0 amide bonds. The maximum atomic E-state index is 13.8. The summed E-state index contributed by atoms with van der Waals surface area (Å²) in [6.07, 6.45) is 0.920. The first-order valence-corrected chi connectivity index (χ1v) is 9.43. The number of sulfonamides is 1. The minimum atomic E-state index is -4.08. The maximum absolute atomic E-state index is 13.8. The molecule has 7 heteroatoms. The van der Waals surface area contributed by atoms with Gasteiger partial charge in [0.15, 0.2) is 0 Å². The third-order valence-corrected chi connectivity index (χ3v) is 5.50. The summed E-state index contributed by atoms with van der Waals surface area (Å²) in [6, 6.07) is 10.1. The van der Waals surface area contributed by atoms with E-state index in [1.807, 2.05) is 43.3 Å². The van der Waals surface area contributed by atoms with Gasteiger partial charge in [0.1, 0.15) is 16.5 Å². The Kier molecular flexibility index (Phi) is 6.26. The SMILES string of the molecule is CCc1ccc(C(CNS(=O)(=O)c2ccc(F)cc2F)N(C)C)cc1. The first kappa shape index (κ1) is 19.5. The fourth-order valence-corrected chi connectivity index (χ4v) is 3.63. The van der Waals surface area contributed by atoms with Crippen LogP contribution < -0.4 is 4.72 Å². The smallest absolute Gasteiger partial charge is 0.243 e. The molecule has 1 N–H and O–H groups in total. The summed E-state index contributed by atoms with van der Waals surface area (Å²) < 4.78 is 53.8. The van der Waals surface area contributed by atoms with Gasteiger partial charge in [-0.2, -0.15) is 0 Å². The predicted molar refractivity (Wildman–Crippen MR) is 93.8 cm³/mol. The second-order valence-electron chi connectivity index (χ2n) is 6.00. The van der Waals surface area contributed by atoms with Gasteiger partial charge in [-0.1, -0.05) is 31.2 Å². The molecule has 2 aromatic carbocycles. The molecular formula is C18H22F2N2O2S. The Hall–Kier alpha value is -1.83. The van der Waals surface area contributed by atoms with Crippen LogP contribution in [0.2, 0.25) is 0 Å². The van der Waals surface area contributed by atoms with Crippen LogP contribution in [0.4, 0.5) is 8.78 Å². The van der Waals surface area contributed by atoms with Crippen molar-refractivity contribution >= 4 is 10.0 Å². The zero-order valence-electron chi connectivity index (χ0n) is 14.5. The fourth-order valence-electron chi connectivity index (χ4n) is 2.53. The van der Waals surface area contributed by atoms with Crippen molar-refractivity contribution in [3.8, 4) is 0 Å². The number of nitrogens with zero attached hydrogens (tertiary/aromatic N) is 1. The van der Waals surface area contributed by atoms with E-state index < -0.39 is 26.6 Å². The molecule has 0 spiro atoms. The van der Waals surface area contributed by atoms with Crippen LogP contribution >= 0.6 is 0 Å². The van der Waals surface area contributed by atoms with Gasteiger partial charge in [-0.05, 0) is 43.8 Å². The molecule has 0 aliphatic carbocycles. The van der Waals surface area contributed by atoms with Crippen molar-refractivity contribution in [3.05, 3.63) is 65.2 Å². The van der Waals surface area contributed by atoms with E-state index in [1.54, 1.807) is 0 Å². The van der Waals surface area contributed by atoms with Crippen LogP contribution in [0.1, 0.15) is 24.1 Å². The third kappa shape index (κ3) is 4.84. The van der Waals surface area contributed by atoms with Gasteiger partial charge in [0.05, 0.1) is 0 Å². The highest BCUT2D eigenvalue weighted by molar-refractivity contribution is 7.89. The average molecular weight is 368 g/mol. The Bertz CT molecular complexity index is 821. The lowest BCUT2D eigenvalue weighted by molar-refractivity contribution is 0.299. The normalized spacial score (nSPS) is 13.2. The van der Waals surface area contributed by atoms with Gasteiger partial charge < -0.3 is 4.90 Å². The largest absolute Gasteiger partial charge is 0.301 e. The van der Waals surface area contributed by atoms with Gasteiger partial charge in [-0.15, -0.1) is 0 Å². The molecular weight excluding hydrogens is 346 g/mol. The van der Waals surface area contributed by atoms with Crippen LogP contribution in [0.5, 0.6) is 0 Å². The summed E-state index contributed by atoms with van der Waals surface area (Å²) in [5, 5.41) is 0. The van der Waals surface area contributed by atoms with E-state index in [9.17, 15) is 17.2 Å². The average Bonchev–Trinajstić information content (AvgIpc) is 2.54. The van der Waals surface area contributed by atoms with E-state index in [4.69, 9.17) is 0 Å². The van der Waals surface area contributed by atoms with Crippen LogP contribution in [-0.4, -0.2) is 34.0 Å². The van der Waals surface area contributed by atoms with Gasteiger partial charge in [0, 0.05) is 18.7 Å². The molecule has 1 atom stereocenters. The van der Waals surface area contributed by atoms with Crippen molar-refractivity contribution in [2.45, 2.75) is 24.3 Å². The van der Waals surface area contributed by atoms with Gasteiger partial charge in [0.25, 0.3) is 0 Å². The minimum absolute atomic E-state index is 0.0671. The van der Waals surface area contributed by atoms with Crippen molar-refractivity contribution in [2.24, 2.45) is 0 Å². The molecule has 0 aliphatic rings. The lowest BCUT2D eigenvalue weighted by atomic mass is 10.0. The number of benzene rings is 2. The van der Waals surface area contributed by atoms with E-state index in [2.05, 4.69) is 11.6 Å². The summed E-state index contributed by atoms with van der Waals surface area (Å²) in [6.45, 7) is 2.13. The molecule has 1 unspecified atom stereocenters. The molecule has 0 saturated carbocycles. The number of aryl methyl sites for hydroxylation is 1. The first-order valence-electron chi connectivity index (χ1n) is 7.94. The minimum Gasteiger partial charge on any atom is -0.301 e. The van der Waals surface area contributed by atoms with Gasteiger partial charge in [-0.25, -0.2) is 21.9 Å². The Morgan fingerprint density at radius 3 is 2.24 bits per heavy atom. The highest BCUT2D eigenvalue weighted by Crippen LogP contribution is 2.20. The predicted octanol–water partition coefficient (Wildman–Crippen LogP) is 3.11. The number of halogens is 2. The summed E-state index contributed by atoms with van der Waals surface area (Å²) in [5.74, 6) is -1.93. The number of likely N-dealkylation sites (N-methyl/N-ethyl adjacent to an activating group) is 1. The van der Waals surface area contributed by atoms with Crippen molar-refractivity contribution in [1.29, 1.82) is 0 Å². The van der Waals surface area contributed by atoms with Crippen molar-refractivity contribution < 1.29 is 17.2 Å². The van der Waals surface area contributed by atoms with Crippen LogP contribution in [0, 0.1) is 11.6 Å². The van der Waals surface area contributed by atoms with Crippen LogP contribution in [-0.2, 0) is 16.4 Å². The number of nitrogens with one attached hydrogen (secondary N) is 1. The molecule has 0 fully saturated rings. The Morgan fingerprint density at radius 2 is 1.72 bits per heavy atom. The second-order valence-corrected chi connectivity index (χ2v) is 7.74. The van der Waals surface area contributed by atoms with Crippen LogP contribution in [0.3, 0.4) is 0 Å². The van der Waals surface area contributed by atoms with Gasteiger partial charge in [-0.3, -0.25) is 0 Å². The summed E-state index contributed by atoms with van der Waals surface area (Å²) >= 11 is 0. The lowest BCUT2D eigenvalue weighted by Gasteiger charge is -2.25. The summed E-state index contributed by atoms with van der Waals surface area (Å²) in [7, 11) is -0.399. The molecule has 2 aromatic rings. The summed E-state index contributed by atoms with van der Waals surface area (Å²) in [5.41, 5.74) is 2.14. The molecule has 136 valence electrons. The van der Waals surface area contributed by atoms with Crippen LogP contribution in [0.15, 0.2) is 47.4 Å². The molecule has 2 rings (SSSR count). The van der Waals surface area contributed by atoms with Crippen molar-refractivity contribution in [2.75, 3.05) is 20.6 Å². The highest BCUT2D eigenvalue weighted by atomic mass is 32.2. The first-order chi connectivity index (χ1) is 11.7. The monoisotopic (exact) mass is 368 g/mol. The lowest BCUT2D eigenvalue weighted by Crippen LogP contribution is -2.34. The fraction of sp³-hybridized carbons (Fsp3) is 0.333. The molecule has 0 radical (unpaired) electrons. The zero-order chi connectivity index (χ0) is 18.6. The maximum Gasteiger partial charge on any atom is 0.243 e. The highest BCUT2D eigenvalue weighted by Gasteiger charge is 2.22. The topological polar surface area (TPSA) is 49.4 Å². The Labute approximate surface area is 147 Å². The van der Waals surface area contributed by atoms with E-state index in [0.717, 1.165) is 24.1 Å². The van der Waals surface area contributed by atoms with Crippen molar-refractivity contribution in [1.82, 2.24) is 9.62 Å². The zero-order valence-corrected chi connectivity index (χ0v) is 15.3. The van der Waals surface area contributed by atoms with Gasteiger partial charge >= 0.3 is 0 Å². The third-order valence-electron chi connectivity index (χ3n) is 4.05. The number of hydrogen-bond acceptors (Lipinski definition) is 3. The standard InChI is InChI=1S/C18H22F2N2O2S/c1-4-13-5-7-14(8-6-13)17(22(2)3)12-21-25(23,24)18-10-9-15(19)11-16(18)20/h5-11,17,21H,4,12H2,1-3H3. The molecule has 0 bridgehead atoms.